The van der Waals surface area contributed by atoms with E-state index in [0.29, 0.717) is 29.6 Å². The van der Waals surface area contributed by atoms with Crippen molar-refractivity contribution in [3.63, 3.8) is 0 Å². The molecule has 0 spiro atoms. The highest BCUT2D eigenvalue weighted by molar-refractivity contribution is 8.03. The van der Waals surface area contributed by atoms with Crippen LogP contribution < -0.4 is 20.4 Å². The zero-order chi connectivity index (χ0) is 32.1. The predicted molar refractivity (Wildman–Crippen MR) is 178 cm³/mol. The first-order valence-corrected chi connectivity index (χ1v) is 19.2. The number of nitrogens with one attached hydrogen (secondary N) is 2. The molecule has 2 aromatic carbocycles. The molecule has 0 bridgehead atoms. The fraction of sp³-hybridized carbons (Fsp3) is 0.370. The van der Waals surface area contributed by atoms with E-state index in [1.165, 1.54) is 0 Å². The van der Waals surface area contributed by atoms with Gasteiger partial charge in [0.1, 0.15) is 0 Å². The molecule has 4 N–H and O–H groups in total. The smallest absolute Gasteiger partial charge is 0.266 e. The summed E-state index contributed by atoms with van der Waals surface area (Å²) in [5.41, 5.74) is 2.72. The average Bonchev–Trinajstić information content (AvgIpc) is 3.43. The standard InChI is InChI=1S/C27H32Cl2N4O7S4/c1-2-18(13-26-32(10-7-30-8-11-43(35,36)37)21-15-19(28)3-5-23(21)41-26)14-27-33(17-25(34)31-9-12-44(38,39)40)22-16-20(29)4-6-24(22)42-27/h3-6,13-16,27,30H,2,7-12,17H2,1H3,(H,31,34)(H,35,36,37)(H,38,39,40)/b18-14+,26-13-. The van der Waals surface area contributed by atoms with E-state index in [-0.39, 0.29) is 30.8 Å². The van der Waals surface area contributed by atoms with Gasteiger partial charge in [-0.15, -0.1) is 0 Å². The number of nitrogens with zero attached hydrogens (tertiary/aromatic N) is 2. The highest BCUT2D eigenvalue weighted by Crippen LogP contribution is 2.48. The molecule has 0 saturated heterocycles. The third-order valence-electron chi connectivity index (χ3n) is 6.60. The number of hydrogen-bond acceptors (Lipinski definition) is 10. The summed E-state index contributed by atoms with van der Waals surface area (Å²) in [5, 5.41) is 7.39. The highest BCUT2D eigenvalue weighted by atomic mass is 35.5. The summed E-state index contributed by atoms with van der Waals surface area (Å²) in [4.78, 5) is 18.7. The van der Waals surface area contributed by atoms with Gasteiger partial charge in [0.25, 0.3) is 20.2 Å². The number of amides is 1. The fourth-order valence-corrected chi connectivity index (χ4v) is 8.02. The zero-order valence-electron chi connectivity index (χ0n) is 23.6. The van der Waals surface area contributed by atoms with E-state index < -0.39 is 31.9 Å². The van der Waals surface area contributed by atoms with Crippen molar-refractivity contribution in [3.05, 3.63) is 69.2 Å². The predicted octanol–water partition coefficient (Wildman–Crippen LogP) is 4.50. The van der Waals surface area contributed by atoms with E-state index >= 15 is 0 Å². The van der Waals surface area contributed by atoms with Crippen molar-refractivity contribution >= 4 is 84.2 Å². The number of thioether (sulfide) groups is 2. The normalized spacial score (nSPS) is 17.7. The molecule has 2 heterocycles. The van der Waals surface area contributed by atoms with Gasteiger partial charge in [-0.3, -0.25) is 13.9 Å². The van der Waals surface area contributed by atoms with E-state index in [9.17, 15) is 21.6 Å². The minimum absolute atomic E-state index is 0.0550. The van der Waals surface area contributed by atoms with Gasteiger partial charge in [-0.25, -0.2) is 0 Å². The Labute approximate surface area is 275 Å². The SMILES string of the molecule is CCC(/C=C1\Sc2ccc(Cl)cc2N1CCNCCS(=O)(=O)O)=C\C1Sc2ccc(Cl)cc2N1CC(=O)NCCS(=O)(=O)O. The Balaban J connectivity index is 1.56. The molecule has 2 aliphatic rings. The number of anilines is 2. The molecule has 2 aliphatic heterocycles. The maximum Gasteiger partial charge on any atom is 0.266 e. The van der Waals surface area contributed by atoms with Gasteiger partial charge < -0.3 is 20.4 Å². The minimum Gasteiger partial charge on any atom is -0.353 e. The molecule has 1 unspecified atom stereocenters. The molecular formula is C27H32Cl2N4O7S4. The monoisotopic (exact) mass is 722 g/mol. The second-order valence-electron chi connectivity index (χ2n) is 9.86. The van der Waals surface area contributed by atoms with Crippen LogP contribution in [0.15, 0.2) is 68.9 Å². The van der Waals surface area contributed by atoms with Crippen LogP contribution in [0.1, 0.15) is 13.3 Å². The Bertz CT molecular complexity index is 1670. The van der Waals surface area contributed by atoms with E-state index in [0.717, 1.165) is 31.8 Å². The number of carbonyl (C=O) groups is 1. The van der Waals surface area contributed by atoms with Crippen LogP contribution in [0, 0.1) is 0 Å². The van der Waals surface area contributed by atoms with Gasteiger partial charge in [-0.1, -0.05) is 53.6 Å². The number of benzene rings is 2. The largest absolute Gasteiger partial charge is 0.353 e. The van der Waals surface area contributed by atoms with E-state index in [1.807, 2.05) is 36.1 Å². The molecule has 0 fully saturated rings. The molecule has 4 rings (SSSR count). The first kappa shape index (κ1) is 34.9. The second kappa shape index (κ2) is 15.1. The molecular weight excluding hydrogens is 691 g/mol. The number of allylic oxidation sites excluding steroid dienone is 2. The van der Waals surface area contributed by atoms with Crippen LogP contribution in [0.25, 0.3) is 0 Å². The molecule has 17 heteroatoms. The molecule has 1 amide bonds. The Kier molecular flexibility index (Phi) is 12.0. The van der Waals surface area contributed by atoms with Gasteiger partial charge in [0, 0.05) is 46.0 Å². The van der Waals surface area contributed by atoms with Crippen molar-refractivity contribution < 1.29 is 30.7 Å². The Hall–Kier alpha value is -1.95. The van der Waals surface area contributed by atoms with Gasteiger partial charge in [0.15, 0.2) is 0 Å². The summed E-state index contributed by atoms with van der Waals surface area (Å²) in [7, 11) is -8.26. The highest BCUT2D eigenvalue weighted by Gasteiger charge is 2.31. The maximum atomic E-state index is 12.8. The molecule has 0 aromatic heterocycles. The third-order valence-corrected chi connectivity index (χ3v) is 10.9. The van der Waals surface area contributed by atoms with Crippen LogP contribution in [0.2, 0.25) is 10.0 Å². The summed E-state index contributed by atoms with van der Waals surface area (Å²) in [6.07, 6.45) is 4.85. The second-order valence-corrected chi connectivity index (χ2v) is 16.1. The van der Waals surface area contributed by atoms with Crippen molar-refractivity contribution in [2.45, 2.75) is 28.5 Å². The molecule has 0 aliphatic carbocycles. The first-order valence-electron chi connectivity index (χ1n) is 13.5. The summed E-state index contributed by atoms with van der Waals surface area (Å²) in [6.45, 7) is 2.86. The van der Waals surface area contributed by atoms with E-state index in [4.69, 9.17) is 32.3 Å². The lowest BCUT2D eigenvalue weighted by atomic mass is 10.1. The van der Waals surface area contributed by atoms with Crippen LogP contribution in [-0.2, 0) is 25.0 Å². The summed E-state index contributed by atoms with van der Waals surface area (Å²) < 4.78 is 62.2. The molecule has 0 saturated carbocycles. The van der Waals surface area contributed by atoms with Crippen molar-refractivity contribution in [1.29, 1.82) is 0 Å². The van der Waals surface area contributed by atoms with Gasteiger partial charge in [-0.05, 0) is 60.5 Å². The van der Waals surface area contributed by atoms with Crippen molar-refractivity contribution in [3.8, 4) is 0 Å². The molecule has 11 nitrogen and oxygen atoms in total. The lowest BCUT2D eigenvalue weighted by molar-refractivity contribution is -0.119. The van der Waals surface area contributed by atoms with Gasteiger partial charge in [-0.2, -0.15) is 16.8 Å². The average molecular weight is 724 g/mol. The summed E-state index contributed by atoms with van der Waals surface area (Å²) in [5.74, 6) is -1.36. The first-order chi connectivity index (χ1) is 20.7. The lowest BCUT2D eigenvalue weighted by Gasteiger charge is -2.25. The lowest BCUT2D eigenvalue weighted by Crippen LogP contribution is -2.41. The Morgan fingerprint density at radius 1 is 0.955 bits per heavy atom. The van der Waals surface area contributed by atoms with Gasteiger partial charge in [0.05, 0.1) is 39.8 Å². The zero-order valence-corrected chi connectivity index (χ0v) is 28.3. The molecule has 44 heavy (non-hydrogen) atoms. The van der Waals surface area contributed by atoms with Crippen LogP contribution in [0.3, 0.4) is 0 Å². The van der Waals surface area contributed by atoms with Crippen molar-refractivity contribution in [2.75, 3.05) is 54.0 Å². The Morgan fingerprint density at radius 3 is 2.25 bits per heavy atom. The topological polar surface area (TPSA) is 156 Å². The quantitative estimate of drug-likeness (QED) is 0.160. The van der Waals surface area contributed by atoms with Crippen molar-refractivity contribution in [2.24, 2.45) is 0 Å². The number of halogens is 2. The Morgan fingerprint density at radius 2 is 1.59 bits per heavy atom. The van der Waals surface area contributed by atoms with Crippen molar-refractivity contribution in [1.82, 2.24) is 10.6 Å². The van der Waals surface area contributed by atoms with Gasteiger partial charge >= 0.3 is 0 Å². The molecule has 1 atom stereocenters. The van der Waals surface area contributed by atoms with Crippen LogP contribution in [-0.4, -0.2) is 81.5 Å². The molecule has 240 valence electrons. The van der Waals surface area contributed by atoms with Gasteiger partial charge in [0.2, 0.25) is 5.91 Å². The maximum absolute atomic E-state index is 12.8. The summed E-state index contributed by atoms with van der Waals surface area (Å²) in [6, 6.07) is 11.1. The number of fused-ring (bicyclic) bond motifs is 2. The van der Waals surface area contributed by atoms with Crippen LogP contribution in [0.4, 0.5) is 11.4 Å². The van der Waals surface area contributed by atoms with Crippen LogP contribution >= 0.6 is 46.7 Å². The summed E-state index contributed by atoms with van der Waals surface area (Å²) >= 11 is 15.8. The van der Waals surface area contributed by atoms with E-state index in [2.05, 4.69) is 27.7 Å². The third kappa shape index (κ3) is 10.0. The number of carbonyl (C=O) groups excluding carboxylic acids is 1. The molecule has 2 aromatic rings. The molecule has 0 radical (unpaired) electrons. The van der Waals surface area contributed by atoms with Crippen LogP contribution in [0.5, 0.6) is 0 Å². The number of hydrogen-bond donors (Lipinski definition) is 4. The van der Waals surface area contributed by atoms with E-state index in [1.54, 1.807) is 35.7 Å². The fourth-order valence-electron chi connectivity index (χ4n) is 4.51. The minimum atomic E-state index is -4.20. The number of rotatable bonds is 14.